The molecule has 30 heavy (non-hydrogen) atoms. The summed E-state index contributed by atoms with van der Waals surface area (Å²) in [6.45, 7) is 6.50. The number of imidazole rings is 1. The molecule has 1 aliphatic carbocycles. The molecule has 1 aliphatic rings. The van der Waals surface area contributed by atoms with Gasteiger partial charge in [-0.05, 0) is 63.3 Å². The van der Waals surface area contributed by atoms with Crippen LogP contribution in [0.5, 0.6) is 5.88 Å². The van der Waals surface area contributed by atoms with Crippen molar-refractivity contribution in [1.82, 2.24) is 19.4 Å². The van der Waals surface area contributed by atoms with E-state index in [-0.39, 0.29) is 5.56 Å². The van der Waals surface area contributed by atoms with Crippen LogP contribution < -0.4 is 4.74 Å². The molecule has 0 saturated heterocycles. The smallest absolute Gasteiger partial charge is 0.335 e. The third-order valence-electron chi connectivity index (χ3n) is 5.60. The summed E-state index contributed by atoms with van der Waals surface area (Å²) in [6.07, 6.45) is 2.43. The van der Waals surface area contributed by atoms with E-state index in [1.807, 2.05) is 43.4 Å². The lowest BCUT2D eigenvalue weighted by Gasteiger charge is -2.11. The van der Waals surface area contributed by atoms with Gasteiger partial charge in [-0.2, -0.15) is 4.98 Å². The molecule has 1 fully saturated rings. The molecule has 0 radical (unpaired) electrons. The molecule has 4 aromatic rings. The quantitative estimate of drug-likeness (QED) is 0.534. The number of carboxylic acid groups (broad SMARTS) is 1. The number of fused-ring (bicyclic) bond motifs is 3. The first kappa shape index (κ1) is 18.5. The number of hydrogen-bond acceptors (Lipinski definition) is 5. The summed E-state index contributed by atoms with van der Waals surface area (Å²) in [7, 11) is 0. The lowest BCUT2D eigenvalue weighted by molar-refractivity contribution is 0.0697. The molecule has 152 valence electrons. The van der Waals surface area contributed by atoms with Gasteiger partial charge in [0, 0.05) is 11.6 Å². The van der Waals surface area contributed by atoms with E-state index in [1.165, 1.54) is 12.8 Å². The predicted octanol–water partition coefficient (Wildman–Crippen LogP) is 4.36. The molecular weight excluding hydrogens is 380 g/mol. The van der Waals surface area contributed by atoms with Gasteiger partial charge in [-0.1, -0.05) is 6.07 Å². The number of carbonyl (C=O) groups is 1. The second-order valence-electron chi connectivity index (χ2n) is 7.98. The first-order valence-electron chi connectivity index (χ1n) is 10.1. The van der Waals surface area contributed by atoms with Gasteiger partial charge in [0.25, 0.3) is 0 Å². The van der Waals surface area contributed by atoms with Crippen molar-refractivity contribution in [2.75, 3.05) is 6.61 Å². The van der Waals surface area contributed by atoms with E-state index in [2.05, 4.69) is 0 Å². The van der Waals surface area contributed by atoms with Gasteiger partial charge in [0.05, 0.1) is 29.1 Å². The van der Waals surface area contributed by atoms with Crippen molar-refractivity contribution in [3.05, 3.63) is 52.8 Å². The Morgan fingerprint density at radius 2 is 1.87 bits per heavy atom. The van der Waals surface area contributed by atoms with Gasteiger partial charge in [-0.15, -0.1) is 0 Å². The second kappa shape index (κ2) is 6.79. The van der Waals surface area contributed by atoms with Crippen LogP contribution in [0.25, 0.3) is 28.1 Å². The molecule has 0 unspecified atom stereocenters. The van der Waals surface area contributed by atoms with E-state index in [1.54, 1.807) is 12.1 Å². The first-order valence-corrected chi connectivity index (χ1v) is 10.1. The Hall–Kier alpha value is -3.48. The van der Waals surface area contributed by atoms with Gasteiger partial charge >= 0.3 is 5.97 Å². The summed E-state index contributed by atoms with van der Waals surface area (Å²) < 4.78 is 7.91. The highest BCUT2D eigenvalue weighted by atomic mass is 16.5. The number of hydrogen-bond donors (Lipinski definition) is 1. The molecule has 1 aromatic carbocycles. The van der Waals surface area contributed by atoms with Crippen LogP contribution in [0.3, 0.4) is 0 Å². The molecule has 0 spiro atoms. The second-order valence-corrected chi connectivity index (χ2v) is 7.98. The van der Waals surface area contributed by atoms with E-state index in [4.69, 9.17) is 19.7 Å². The average Bonchev–Trinajstić information content (AvgIpc) is 3.48. The predicted molar refractivity (Wildman–Crippen MR) is 113 cm³/mol. The zero-order chi connectivity index (χ0) is 21.0. The summed E-state index contributed by atoms with van der Waals surface area (Å²) in [4.78, 5) is 25.6. The number of ether oxygens (including phenoxy) is 1. The number of pyridine rings is 1. The van der Waals surface area contributed by atoms with Crippen molar-refractivity contribution in [2.45, 2.75) is 33.6 Å². The summed E-state index contributed by atoms with van der Waals surface area (Å²) in [6, 6.07) is 8.87. The first-order chi connectivity index (χ1) is 14.4. The number of aromatic nitrogens is 4. The number of rotatable bonds is 5. The Labute approximate surface area is 173 Å². The van der Waals surface area contributed by atoms with Crippen LogP contribution in [0.15, 0.2) is 30.3 Å². The standard InChI is InChI=1S/C23H22N4O3/c1-12-10-16(23(28)29)6-7-17(12)21-25-14(3)20-13(2)24-18-8-9-19(26-22(18)27(20)21)30-11-15-4-5-15/h6-10,15H,4-5,11H2,1-3H3,(H,28,29). The zero-order valence-corrected chi connectivity index (χ0v) is 17.1. The number of carboxylic acids is 1. The maximum Gasteiger partial charge on any atom is 0.335 e. The van der Waals surface area contributed by atoms with Crippen molar-refractivity contribution in [2.24, 2.45) is 5.92 Å². The van der Waals surface area contributed by atoms with Crippen LogP contribution in [-0.2, 0) is 0 Å². The Bertz CT molecular complexity index is 1320. The monoisotopic (exact) mass is 402 g/mol. The Balaban J connectivity index is 1.74. The van der Waals surface area contributed by atoms with Crippen molar-refractivity contribution in [3.8, 4) is 17.3 Å². The highest BCUT2D eigenvalue weighted by Crippen LogP contribution is 2.32. The molecule has 1 N–H and O–H groups in total. The minimum absolute atomic E-state index is 0.255. The molecule has 1 saturated carbocycles. The summed E-state index contributed by atoms with van der Waals surface area (Å²) in [5, 5.41) is 9.30. The van der Waals surface area contributed by atoms with Gasteiger partial charge in [0.2, 0.25) is 5.88 Å². The lowest BCUT2D eigenvalue weighted by atomic mass is 10.0. The molecule has 3 aromatic heterocycles. The third kappa shape index (κ3) is 3.07. The molecule has 0 atom stereocenters. The molecule has 0 bridgehead atoms. The molecule has 3 heterocycles. The maximum absolute atomic E-state index is 11.3. The number of nitrogens with zero attached hydrogens (tertiary/aromatic N) is 4. The maximum atomic E-state index is 11.3. The molecule has 5 rings (SSSR count). The van der Waals surface area contributed by atoms with Gasteiger partial charge in [0.1, 0.15) is 11.3 Å². The van der Waals surface area contributed by atoms with Crippen molar-refractivity contribution < 1.29 is 14.6 Å². The van der Waals surface area contributed by atoms with Gasteiger partial charge in [0.15, 0.2) is 5.65 Å². The number of aryl methyl sites for hydroxylation is 3. The SMILES string of the molecule is Cc1cc(C(=O)O)ccc1-c1nc(C)c2c(C)nc3ccc(OCC4CC4)nc3n12. The fraction of sp³-hybridized carbons (Fsp3) is 0.304. The molecule has 7 nitrogen and oxygen atoms in total. The van der Waals surface area contributed by atoms with Crippen molar-refractivity contribution in [1.29, 1.82) is 0 Å². The van der Waals surface area contributed by atoms with Crippen molar-refractivity contribution >= 4 is 22.6 Å². The highest BCUT2D eigenvalue weighted by molar-refractivity contribution is 5.89. The van der Waals surface area contributed by atoms with E-state index in [0.717, 1.165) is 39.4 Å². The normalized spacial score (nSPS) is 13.8. The fourth-order valence-corrected chi connectivity index (χ4v) is 3.86. The molecular formula is C23H22N4O3. The van der Waals surface area contributed by atoms with E-state index in [0.29, 0.717) is 24.1 Å². The average molecular weight is 402 g/mol. The van der Waals surface area contributed by atoms with Crippen LogP contribution in [0.4, 0.5) is 0 Å². The van der Waals surface area contributed by atoms with Gasteiger partial charge in [-0.25, -0.2) is 14.8 Å². The number of aromatic carboxylic acids is 1. The van der Waals surface area contributed by atoms with Crippen LogP contribution in [0, 0.1) is 26.7 Å². The van der Waals surface area contributed by atoms with E-state index >= 15 is 0 Å². The van der Waals surface area contributed by atoms with Crippen molar-refractivity contribution in [3.63, 3.8) is 0 Å². The third-order valence-corrected chi connectivity index (χ3v) is 5.60. The lowest BCUT2D eigenvalue weighted by Crippen LogP contribution is -2.04. The van der Waals surface area contributed by atoms with E-state index in [9.17, 15) is 9.90 Å². The largest absolute Gasteiger partial charge is 0.478 e. The van der Waals surface area contributed by atoms with Crippen LogP contribution in [-0.4, -0.2) is 37.0 Å². The molecule has 0 aliphatic heterocycles. The zero-order valence-electron chi connectivity index (χ0n) is 17.1. The van der Waals surface area contributed by atoms with Gasteiger partial charge < -0.3 is 9.84 Å². The van der Waals surface area contributed by atoms with E-state index < -0.39 is 5.97 Å². The Morgan fingerprint density at radius 1 is 1.10 bits per heavy atom. The Kier molecular flexibility index (Phi) is 4.20. The minimum atomic E-state index is -0.946. The number of benzene rings is 1. The minimum Gasteiger partial charge on any atom is -0.478 e. The molecule has 0 amide bonds. The summed E-state index contributed by atoms with van der Waals surface area (Å²) >= 11 is 0. The van der Waals surface area contributed by atoms with Crippen LogP contribution >= 0.6 is 0 Å². The van der Waals surface area contributed by atoms with Crippen LogP contribution in [0.2, 0.25) is 0 Å². The highest BCUT2D eigenvalue weighted by Gasteiger charge is 2.23. The topological polar surface area (TPSA) is 89.6 Å². The van der Waals surface area contributed by atoms with Crippen LogP contribution in [0.1, 0.15) is 40.2 Å². The summed E-state index contributed by atoms with van der Waals surface area (Å²) in [5.41, 5.74) is 6.03. The fourth-order valence-electron chi connectivity index (χ4n) is 3.86. The van der Waals surface area contributed by atoms with Gasteiger partial charge in [-0.3, -0.25) is 4.40 Å². The Morgan fingerprint density at radius 3 is 2.57 bits per heavy atom. The summed E-state index contributed by atoms with van der Waals surface area (Å²) in [5.74, 6) is 0.995. The molecule has 7 heteroatoms.